The number of hydrogen-bond donors (Lipinski definition) is 2. The highest BCUT2D eigenvalue weighted by Gasteiger charge is 2.13. The van der Waals surface area contributed by atoms with Crippen LogP contribution < -0.4 is 11.2 Å². The van der Waals surface area contributed by atoms with Gasteiger partial charge >= 0.3 is 0 Å². The molecule has 0 bridgehead atoms. The zero-order valence-corrected chi connectivity index (χ0v) is 10.1. The Bertz CT molecular complexity index is 602. The Kier molecular flexibility index (Phi) is 2.29. The van der Waals surface area contributed by atoms with Crippen molar-refractivity contribution in [2.24, 2.45) is 5.10 Å². The van der Waals surface area contributed by atoms with Crippen LogP contribution in [-0.4, -0.2) is 15.9 Å². The Morgan fingerprint density at radius 1 is 1.35 bits per heavy atom. The van der Waals surface area contributed by atoms with Crippen LogP contribution in [0.5, 0.6) is 0 Å². The monoisotopic (exact) mass is 245 g/mol. The predicted molar refractivity (Wildman–Crippen MR) is 68.8 cm³/mol. The fourth-order valence-electron chi connectivity index (χ4n) is 1.86. The fraction of sp³-hybridized carbons (Fsp3) is 0.182. The van der Waals surface area contributed by atoms with Crippen LogP contribution in [0.3, 0.4) is 0 Å². The molecule has 1 aliphatic rings. The Balaban J connectivity index is 2.10. The third kappa shape index (κ3) is 1.76. The minimum Gasteiger partial charge on any atom is -0.374 e. The summed E-state index contributed by atoms with van der Waals surface area (Å²) in [6, 6.07) is 6.22. The van der Waals surface area contributed by atoms with Crippen LogP contribution in [0.25, 0.3) is 10.6 Å². The van der Waals surface area contributed by atoms with Crippen molar-refractivity contribution in [3.63, 3.8) is 0 Å². The van der Waals surface area contributed by atoms with Gasteiger partial charge in [0.15, 0.2) is 0 Å². The van der Waals surface area contributed by atoms with E-state index in [0.717, 1.165) is 28.4 Å². The first kappa shape index (κ1) is 10.2. The molecule has 0 saturated carbocycles. The molecule has 17 heavy (non-hydrogen) atoms. The molecule has 0 unspecified atom stereocenters. The van der Waals surface area contributed by atoms with Crippen molar-refractivity contribution in [2.45, 2.75) is 13.5 Å². The first-order valence-electron chi connectivity index (χ1n) is 5.24. The number of nitrogens with one attached hydrogen (secondary N) is 1. The summed E-state index contributed by atoms with van der Waals surface area (Å²) in [7, 11) is 0. The Morgan fingerprint density at radius 3 is 3.00 bits per heavy atom. The molecule has 0 spiro atoms. The van der Waals surface area contributed by atoms with Crippen LogP contribution in [0, 0.1) is 0 Å². The Hall–Kier alpha value is -1.95. The number of nitrogens with zero attached hydrogens (tertiary/aromatic N) is 3. The second-order valence-electron chi connectivity index (χ2n) is 3.85. The Morgan fingerprint density at radius 2 is 2.24 bits per heavy atom. The summed E-state index contributed by atoms with van der Waals surface area (Å²) in [5, 5.41) is 13.4. The second kappa shape index (κ2) is 3.81. The number of benzene rings is 1. The van der Waals surface area contributed by atoms with Crippen molar-refractivity contribution >= 4 is 22.2 Å². The van der Waals surface area contributed by atoms with Crippen molar-refractivity contribution in [2.75, 3.05) is 5.73 Å². The molecule has 0 radical (unpaired) electrons. The molecular formula is C11H11N5S. The van der Waals surface area contributed by atoms with Gasteiger partial charge < -0.3 is 11.2 Å². The molecule has 2 heterocycles. The average molecular weight is 245 g/mol. The first-order valence-corrected chi connectivity index (χ1v) is 6.05. The molecule has 86 valence electrons. The number of anilines is 1. The van der Waals surface area contributed by atoms with Gasteiger partial charge in [-0.15, -0.1) is 10.2 Å². The van der Waals surface area contributed by atoms with Crippen LogP contribution in [0.1, 0.15) is 18.1 Å². The molecule has 0 atom stereocenters. The molecule has 1 aromatic carbocycles. The van der Waals surface area contributed by atoms with E-state index in [-0.39, 0.29) is 0 Å². The molecule has 1 aromatic heterocycles. The van der Waals surface area contributed by atoms with E-state index >= 15 is 0 Å². The van der Waals surface area contributed by atoms with Crippen molar-refractivity contribution in [3.8, 4) is 10.6 Å². The average Bonchev–Trinajstić information content (AvgIpc) is 2.76. The van der Waals surface area contributed by atoms with E-state index in [1.807, 2.05) is 13.0 Å². The van der Waals surface area contributed by atoms with E-state index in [2.05, 4.69) is 32.9 Å². The topological polar surface area (TPSA) is 76.2 Å². The van der Waals surface area contributed by atoms with E-state index in [4.69, 9.17) is 5.73 Å². The number of hydrazone groups is 1. The molecule has 6 heteroatoms. The molecule has 3 N–H and O–H groups in total. The lowest BCUT2D eigenvalue weighted by atomic mass is 10.00. The summed E-state index contributed by atoms with van der Waals surface area (Å²) in [5.74, 6) is 0. The van der Waals surface area contributed by atoms with Crippen LogP contribution in [0.2, 0.25) is 0 Å². The number of nitrogens with two attached hydrogens (primary N) is 1. The molecule has 0 fully saturated rings. The van der Waals surface area contributed by atoms with E-state index in [9.17, 15) is 0 Å². The lowest BCUT2D eigenvalue weighted by molar-refractivity contribution is 0.728. The zero-order valence-electron chi connectivity index (χ0n) is 9.27. The highest BCUT2D eigenvalue weighted by atomic mass is 32.1. The summed E-state index contributed by atoms with van der Waals surface area (Å²) in [6.07, 6.45) is 0. The number of nitrogen functional groups attached to an aromatic ring is 1. The van der Waals surface area contributed by atoms with Crippen molar-refractivity contribution in [1.29, 1.82) is 0 Å². The van der Waals surface area contributed by atoms with E-state index in [0.29, 0.717) is 5.13 Å². The molecular weight excluding hydrogens is 234 g/mol. The maximum atomic E-state index is 5.59. The predicted octanol–water partition coefficient (Wildman–Crippen LogP) is 1.61. The molecule has 0 aliphatic carbocycles. The van der Waals surface area contributed by atoms with Gasteiger partial charge in [0.25, 0.3) is 0 Å². The van der Waals surface area contributed by atoms with Gasteiger partial charge in [0.2, 0.25) is 5.13 Å². The zero-order chi connectivity index (χ0) is 11.8. The van der Waals surface area contributed by atoms with E-state index in [1.54, 1.807) is 0 Å². The molecule has 2 aromatic rings. The van der Waals surface area contributed by atoms with Crippen molar-refractivity contribution < 1.29 is 0 Å². The van der Waals surface area contributed by atoms with Crippen LogP contribution in [-0.2, 0) is 6.54 Å². The van der Waals surface area contributed by atoms with Crippen molar-refractivity contribution in [3.05, 3.63) is 29.3 Å². The first-order chi connectivity index (χ1) is 8.24. The highest BCUT2D eigenvalue weighted by Crippen LogP contribution is 2.27. The molecule has 5 nitrogen and oxygen atoms in total. The molecule has 0 amide bonds. The third-order valence-electron chi connectivity index (χ3n) is 2.70. The summed E-state index contributed by atoms with van der Waals surface area (Å²) < 4.78 is 0. The summed E-state index contributed by atoms with van der Waals surface area (Å²) in [6.45, 7) is 2.76. The van der Waals surface area contributed by atoms with Gasteiger partial charge in [0.05, 0.1) is 12.3 Å². The van der Waals surface area contributed by atoms with Gasteiger partial charge in [-0.2, -0.15) is 5.10 Å². The molecule has 1 aliphatic heterocycles. The second-order valence-corrected chi connectivity index (χ2v) is 4.86. The number of fused-ring (bicyclic) bond motifs is 1. The molecule has 0 saturated heterocycles. The molecule has 3 rings (SSSR count). The fourth-order valence-corrected chi connectivity index (χ4v) is 2.46. The lowest BCUT2D eigenvalue weighted by Gasteiger charge is -2.15. The van der Waals surface area contributed by atoms with Gasteiger partial charge in [-0.3, -0.25) is 0 Å². The summed E-state index contributed by atoms with van der Waals surface area (Å²) in [5.41, 5.74) is 13.0. The van der Waals surface area contributed by atoms with E-state index in [1.165, 1.54) is 16.9 Å². The van der Waals surface area contributed by atoms with Crippen LogP contribution in [0.4, 0.5) is 5.13 Å². The number of hydrogen-bond acceptors (Lipinski definition) is 6. The maximum Gasteiger partial charge on any atom is 0.203 e. The van der Waals surface area contributed by atoms with Gasteiger partial charge in [-0.1, -0.05) is 23.5 Å². The highest BCUT2D eigenvalue weighted by molar-refractivity contribution is 7.18. The van der Waals surface area contributed by atoms with Crippen molar-refractivity contribution in [1.82, 2.24) is 15.6 Å². The normalized spacial score (nSPS) is 13.8. The largest absolute Gasteiger partial charge is 0.374 e. The summed E-state index contributed by atoms with van der Waals surface area (Å²) >= 11 is 1.39. The minimum atomic E-state index is 0.491. The Labute approximate surface area is 102 Å². The maximum absolute atomic E-state index is 5.59. The van der Waals surface area contributed by atoms with Gasteiger partial charge in [0.1, 0.15) is 5.01 Å². The SMILES string of the molecule is CC1=NNCc2ccc(-c3nnc(N)s3)cc21. The number of aromatic nitrogens is 2. The van der Waals surface area contributed by atoms with Gasteiger partial charge in [0, 0.05) is 11.1 Å². The lowest BCUT2D eigenvalue weighted by Crippen LogP contribution is -2.18. The quantitative estimate of drug-likeness (QED) is 0.800. The third-order valence-corrected chi connectivity index (χ3v) is 3.50. The van der Waals surface area contributed by atoms with Crippen LogP contribution >= 0.6 is 11.3 Å². The summed E-state index contributed by atoms with van der Waals surface area (Å²) in [4.78, 5) is 0. The smallest absolute Gasteiger partial charge is 0.203 e. The minimum absolute atomic E-state index is 0.491. The van der Waals surface area contributed by atoms with Gasteiger partial charge in [-0.05, 0) is 18.6 Å². The van der Waals surface area contributed by atoms with Gasteiger partial charge in [-0.25, -0.2) is 0 Å². The van der Waals surface area contributed by atoms with E-state index < -0.39 is 0 Å². The van der Waals surface area contributed by atoms with Crippen LogP contribution in [0.15, 0.2) is 23.3 Å². The number of rotatable bonds is 1. The standard InChI is InChI=1S/C11H11N5S/c1-6-9-4-7(10-15-16-11(12)17-10)2-3-8(9)5-13-14-6/h2-4,13H,5H2,1H3,(H2,12,16).